The largest absolute Gasteiger partial charge is 0.455 e. The number of amides is 1. The van der Waals surface area contributed by atoms with Gasteiger partial charge in [-0.05, 0) is 61.4 Å². The SMILES string of the molecule is Cc1ccc(CC(=O)N/N=C\c2ccc(-c3ccc(Cl)cc3)o2)c(C)c1. The van der Waals surface area contributed by atoms with Crippen LogP contribution in [0.15, 0.2) is 64.1 Å². The second-order valence-electron chi connectivity index (χ2n) is 6.11. The van der Waals surface area contributed by atoms with Crippen molar-refractivity contribution in [2.45, 2.75) is 20.3 Å². The molecule has 0 aliphatic rings. The van der Waals surface area contributed by atoms with Gasteiger partial charge in [-0.2, -0.15) is 5.10 Å². The van der Waals surface area contributed by atoms with Crippen molar-refractivity contribution in [1.29, 1.82) is 0 Å². The van der Waals surface area contributed by atoms with Crippen LogP contribution in [-0.2, 0) is 11.2 Å². The van der Waals surface area contributed by atoms with Gasteiger partial charge in [-0.15, -0.1) is 0 Å². The second-order valence-corrected chi connectivity index (χ2v) is 6.55. The number of benzene rings is 2. The summed E-state index contributed by atoms with van der Waals surface area (Å²) in [5.74, 6) is 1.10. The maximum Gasteiger partial charge on any atom is 0.244 e. The van der Waals surface area contributed by atoms with Crippen molar-refractivity contribution < 1.29 is 9.21 Å². The van der Waals surface area contributed by atoms with Crippen molar-refractivity contribution >= 4 is 23.7 Å². The quantitative estimate of drug-likeness (QED) is 0.515. The van der Waals surface area contributed by atoms with Crippen LogP contribution in [0.3, 0.4) is 0 Å². The van der Waals surface area contributed by atoms with Gasteiger partial charge in [0.05, 0.1) is 12.6 Å². The van der Waals surface area contributed by atoms with Crippen molar-refractivity contribution in [3.05, 3.63) is 82.1 Å². The summed E-state index contributed by atoms with van der Waals surface area (Å²) in [5.41, 5.74) is 6.73. The molecule has 0 spiro atoms. The highest BCUT2D eigenvalue weighted by Gasteiger charge is 2.06. The monoisotopic (exact) mass is 366 g/mol. The molecule has 0 bridgehead atoms. The Labute approximate surface area is 157 Å². The fourth-order valence-corrected chi connectivity index (χ4v) is 2.74. The lowest BCUT2D eigenvalue weighted by atomic mass is 10.0. The number of nitrogens with zero attached hydrogens (tertiary/aromatic N) is 1. The molecule has 2 aromatic carbocycles. The van der Waals surface area contributed by atoms with E-state index in [0.29, 0.717) is 16.5 Å². The highest BCUT2D eigenvalue weighted by Crippen LogP contribution is 2.23. The maximum absolute atomic E-state index is 12.0. The molecule has 0 fully saturated rings. The first kappa shape index (κ1) is 18.0. The lowest BCUT2D eigenvalue weighted by Crippen LogP contribution is -2.20. The molecule has 4 nitrogen and oxygen atoms in total. The predicted molar refractivity (Wildman–Crippen MR) is 105 cm³/mol. The number of furan rings is 1. The first-order valence-corrected chi connectivity index (χ1v) is 8.63. The van der Waals surface area contributed by atoms with Gasteiger partial charge >= 0.3 is 0 Å². The Morgan fingerprint density at radius 2 is 1.88 bits per heavy atom. The highest BCUT2D eigenvalue weighted by molar-refractivity contribution is 6.30. The number of nitrogens with one attached hydrogen (secondary N) is 1. The molecule has 0 atom stereocenters. The third-order valence-electron chi connectivity index (χ3n) is 3.99. The molecular formula is C21H19ClN2O2. The maximum atomic E-state index is 12.0. The van der Waals surface area contributed by atoms with E-state index in [-0.39, 0.29) is 12.3 Å². The van der Waals surface area contributed by atoms with Crippen molar-refractivity contribution in [1.82, 2.24) is 5.43 Å². The molecule has 1 amide bonds. The zero-order chi connectivity index (χ0) is 18.5. The van der Waals surface area contributed by atoms with Crippen LogP contribution in [0.2, 0.25) is 5.02 Å². The number of halogens is 1. The van der Waals surface area contributed by atoms with Crippen molar-refractivity contribution in [3.63, 3.8) is 0 Å². The zero-order valence-corrected chi connectivity index (χ0v) is 15.4. The third kappa shape index (κ3) is 4.61. The Kier molecular flexibility index (Phi) is 5.54. The lowest BCUT2D eigenvalue weighted by Gasteiger charge is -2.05. The molecule has 1 aromatic heterocycles. The molecule has 0 aliphatic heterocycles. The van der Waals surface area contributed by atoms with E-state index in [2.05, 4.69) is 16.6 Å². The van der Waals surface area contributed by atoms with Crippen LogP contribution in [-0.4, -0.2) is 12.1 Å². The average molecular weight is 367 g/mol. The van der Waals surface area contributed by atoms with Gasteiger partial charge in [-0.25, -0.2) is 5.43 Å². The fraction of sp³-hybridized carbons (Fsp3) is 0.143. The van der Waals surface area contributed by atoms with Gasteiger partial charge in [0.2, 0.25) is 5.91 Å². The summed E-state index contributed by atoms with van der Waals surface area (Å²) in [6.45, 7) is 4.03. The van der Waals surface area contributed by atoms with Crippen LogP contribution >= 0.6 is 11.6 Å². The van der Waals surface area contributed by atoms with Crippen LogP contribution in [0.25, 0.3) is 11.3 Å². The van der Waals surface area contributed by atoms with Gasteiger partial charge in [0.1, 0.15) is 11.5 Å². The molecule has 0 aliphatic carbocycles. The summed E-state index contributed by atoms with van der Waals surface area (Å²) >= 11 is 5.89. The molecule has 1 heterocycles. The summed E-state index contributed by atoms with van der Waals surface area (Å²) in [6, 6.07) is 17.1. The minimum Gasteiger partial charge on any atom is -0.455 e. The average Bonchev–Trinajstić information content (AvgIpc) is 3.07. The van der Waals surface area contributed by atoms with Crippen LogP contribution in [0, 0.1) is 13.8 Å². The van der Waals surface area contributed by atoms with Crippen LogP contribution < -0.4 is 5.43 Å². The van der Waals surface area contributed by atoms with Crippen LogP contribution in [0.4, 0.5) is 0 Å². The van der Waals surface area contributed by atoms with E-state index in [0.717, 1.165) is 16.7 Å². The Morgan fingerprint density at radius 1 is 1.12 bits per heavy atom. The third-order valence-corrected chi connectivity index (χ3v) is 4.24. The Balaban J connectivity index is 1.58. The summed E-state index contributed by atoms with van der Waals surface area (Å²) < 4.78 is 5.70. The van der Waals surface area contributed by atoms with E-state index in [9.17, 15) is 4.79 Å². The van der Waals surface area contributed by atoms with Gasteiger partial charge < -0.3 is 4.42 Å². The van der Waals surface area contributed by atoms with E-state index in [4.69, 9.17) is 16.0 Å². The zero-order valence-electron chi connectivity index (χ0n) is 14.6. The van der Waals surface area contributed by atoms with Gasteiger partial charge in [-0.3, -0.25) is 4.79 Å². The van der Waals surface area contributed by atoms with E-state index in [1.807, 2.05) is 44.2 Å². The van der Waals surface area contributed by atoms with Crippen molar-refractivity contribution in [2.24, 2.45) is 5.10 Å². The molecule has 5 heteroatoms. The standard InChI is InChI=1S/C21H19ClN2O2/c1-14-3-4-17(15(2)11-14)12-21(25)24-23-13-19-9-10-20(26-19)16-5-7-18(22)8-6-16/h3-11,13H,12H2,1-2H3,(H,24,25)/b23-13-. The molecule has 0 unspecified atom stereocenters. The first-order chi connectivity index (χ1) is 12.5. The number of hydrogen-bond acceptors (Lipinski definition) is 3. The van der Waals surface area contributed by atoms with Gasteiger partial charge in [0.25, 0.3) is 0 Å². The Bertz CT molecular complexity index is 943. The van der Waals surface area contributed by atoms with E-state index < -0.39 is 0 Å². The molecule has 26 heavy (non-hydrogen) atoms. The number of rotatable bonds is 5. The smallest absolute Gasteiger partial charge is 0.244 e. The van der Waals surface area contributed by atoms with Gasteiger partial charge in [0.15, 0.2) is 0 Å². The number of carbonyl (C=O) groups excluding carboxylic acids is 1. The lowest BCUT2D eigenvalue weighted by molar-refractivity contribution is -0.120. The molecular weight excluding hydrogens is 348 g/mol. The predicted octanol–water partition coefficient (Wildman–Crippen LogP) is 4.91. The molecule has 132 valence electrons. The van der Waals surface area contributed by atoms with Crippen molar-refractivity contribution in [2.75, 3.05) is 0 Å². The number of hydrazone groups is 1. The molecule has 3 aromatic rings. The van der Waals surface area contributed by atoms with Crippen LogP contribution in [0.1, 0.15) is 22.5 Å². The van der Waals surface area contributed by atoms with Gasteiger partial charge in [0, 0.05) is 10.6 Å². The first-order valence-electron chi connectivity index (χ1n) is 8.25. The minimum absolute atomic E-state index is 0.169. The second kappa shape index (κ2) is 8.02. The molecule has 0 saturated carbocycles. The van der Waals surface area contributed by atoms with Gasteiger partial charge in [-0.1, -0.05) is 35.4 Å². The van der Waals surface area contributed by atoms with Crippen LogP contribution in [0.5, 0.6) is 0 Å². The number of aryl methyl sites for hydroxylation is 2. The normalized spacial score (nSPS) is 11.0. The summed E-state index contributed by atoms with van der Waals surface area (Å²) in [4.78, 5) is 12.0. The molecule has 0 saturated heterocycles. The number of hydrogen-bond donors (Lipinski definition) is 1. The summed E-state index contributed by atoms with van der Waals surface area (Å²) in [5, 5.41) is 4.64. The fourth-order valence-electron chi connectivity index (χ4n) is 2.62. The summed E-state index contributed by atoms with van der Waals surface area (Å²) in [7, 11) is 0. The topological polar surface area (TPSA) is 54.6 Å². The Hall–Kier alpha value is -2.85. The molecule has 1 N–H and O–H groups in total. The molecule has 3 rings (SSSR count). The van der Waals surface area contributed by atoms with E-state index >= 15 is 0 Å². The highest BCUT2D eigenvalue weighted by atomic mass is 35.5. The van der Waals surface area contributed by atoms with Crippen molar-refractivity contribution in [3.8, 4) is 11.3 Å². The van der Waals surface area contributed by atoms with E-state index in [1.165, 1.54) is 11.8 Å². The Morgan fingerprint density at radius 3 is 2.62 bits per heavy atom. The minimum atomic E-state index is -0.169. The molecule has 0 radical (unpaired) electrons. The van der Waals surface area contributed by atoms with E-state index in [1.54, 1.807) is 18.2 Å². The number of carbonyl (C=O) groups is 1. The summed E-state index contributed by atoms with van der Waals surface area (Å²) in [6.07, 6.45) is 1.77.